The number of rotatable bonds is 4. The molecule has 0 aliphatic heterocycles. The van der Waals surface area contributed by atoms with Gasteiger partial charge in [0.15, 0.2) is 4.96 Å². The number of hydrogen-bond acceptors (Lipinski definition) is 5. The zero-order chi connectivity index (χ0) is 18.8. The molecular formula is C21H16N2O3S. The van der Waals surface area contributed by atoms with E-state index in [1.165, 1.54) is 17.4 Å². The van der Waals surface area contributed by atoms with Gasteiger partial charge in [0.05, 0.1) is 17.0 Å². The van der Waals surface area contributed by atoms with E-state index in [1.54, 1.807) is 22.6 Å². The van der Waals surface area contributed by atoms with Gasteiger partial charge in [-0.3, -0.25) is 9.20 Å². The van der Waals surface area contributed by atoms with Crippen LogP contribution in [-0.2, 0) is 11.3 Å². The quantitative estimate of drug-likeness (QED) is 0.504. The van der Waals surface area contributed by atoms with Crippen LogP contribution in [0.5, 0.6) is 0 Å². The van der Waals surface area contributed by atoms with Crippen molar-refractivity contribution in [3.8, 4) is 11.3 Å². The van der Waals surface area contributed by atoms with Gasteiger partial charge in [-0.15, -0.1) is 11.3 Å². The molecule has 0 saturated heterocycles. The summed E-state index contributed by atoms with van der Waals surface area (Å²) in [5.74, 6) is -0.433. The SMILES string of the molecule is Cc1cccc(C(=O)OCc2cc(=O)n3c(-c4ccccc4)csc3n2)c1. The molecule has 0 atom stereocenters. The van der Waals surface area contributed by atoms with Crippen LogP contribution in [0.25, 0.3) is 16.2 Å². The fourth-order valence-corrected chi connectivity index (χ4v) is 3.77. The molecule has 4 aromatic rings. The van der Waals surface area contributed by atoms with Crippen LogP contribution in [0.15, 0.2) is 70.8 Å². The van der Waals surface area contributed by atoms with Crippen molar-refractivity contribution in [3.05, 3.63) is 93.2 Å². The summed E-state index contributed by atoms with van der Waals surface area (Å²) in [6.45, 7) is 1.87. The molecule has 0 N–H and O–H groups in total. The molecule has 6 heteroatoms. The molecule has 2 aromatic carbocycles. The third-order valence-corrected chi connectivity index (χ3v) is 4.96. The average Bonchev–Trinajstić information content (AvgIpc) is 3.11. The minimum Gasteiger partial charge on any atom is -0.456 e. The number of carbonyl (C=O) groups is 1. The van der Waals surface area contributed by atoms with Crippen LogP contribution in [0, 0.1) is 6.92 Å². The number of ether oxygens (including phenoxy) is 1. The normalized spacial score (nSPS) is 10.9. The molecule has 0 aliphatic carbocycles. The van der Waals surface area contributed by atoms with Crippen molar-refractivity contribution in [2.45, 2.75) is 13.5 Å². The monoisotopic (exact) mass is 376 g/mol. The maximum Gasteiger partial charge on any atom is 0.338 e. The van der Waals surface area contributed by atoms with Crippen molar-refractivity contribution >= 4 is 22.3 Å². The van der Waals surface area contributed by atoms with Crippen molar-refractivity contribution in [1.29, 1.82) is 0 Å². The number of thiazole rings is 1. The van der Waals surface area contributed by atoms with E-state index in [0.717, 1.165) is 16.8 Å². The van der Waals surface area contributed by atoms with E-state index >= 15 is 0 Å². The van der Waals surface area contributed by atoms with Gasteiger partial charge in [0.2, 0.25) is 0 Å². The van der Waals surface area contributed by atoms with E-state index in [0.29, 0.717) is 16.2 Å². The lowest BCUT2D eigenvalue weighted by Crippen LogP contribution is -2.16. The number of aromatic nitrogens is 2. The van der Waals surface area contributed by atoms with Gasteiger partial charge in [-0.1, -0.05) is 48.0 Å². The highest BCUT2D eigenvalue weighted by Crippen LogP contribution is 2.23. The summed E-state index contributed by atoms with van der Waals surface area (Å²) in [7, 11) is 0. The standard InChI is InChI=1S/C21H16N2O3S/c1-14-6-5-9-16(10-14)20(25)26-12-17-11-19(24)23-18(13-27-21(23)22-17)15-7-3-2-4-8-15/h2-11,13H,12H2,1H3. The molecule has 0 bridgehead atoms. The molecular weight excluding hydrogens is 360 g/mol. The van der Waals surface area contributed by atoms with E-state index in [1.807, 2.05) is 48.7 Å². The average molecular weight is 376 g/mol. The first kappa shape index (κ1) is 17.2. The van der Waals surface area contributed by atoms with Gasteiger partial charge in [-0.2, -0.15) is 0 Å². The van der Waals surface area contributed by atoms with E-state index in [-0.39, 0.29) is 12.2 Å². The molecule has 5 nitrogen and oxygen atoms in total. The highest BCUT2D eigenvalue weighted by Gasteiger charge is 2.13. The lowest BCUT2D eigenvalue weighted by Gasteiger charge is -2.06. The first-order chi connectivity index (χ1) is 13.1. The van der Waals surface area contributed by atoms with Gasteiger partial charge in [0.25, 0.3) is 5.56 Å². The summed E-state index contributed by atoms with van der Waals surface area (Å²) in [6.07, 6.45) is 0. The van der Waals surface area contributed by atoms with Crippen LogP contribution in [0.3, 0.4) is 0 Å². The summed E-state index contributed by atoms with van der Waals surface area (Å²) in [4.78, 5) is 29.8. The van der Waals surface area contributed by atoms with E-state index in [2.05, 4.69) is 4.98 Å². The van der Waals surface area contributed by atoms with Crippen LogP contribution < -0.4 is 5.56 Å². The van der Waals surface area contributed by atoms with Crippen LogP contribution in [-0.4, -0.2) is 15.4 Å². The van der Waals surface area contributed by atoms with E-state index in [9.17, 15) is 9.59 Å². The molecule has 0 fully saturated rings. The third kappa shape index (κ3) is 3.52. The smallest absolute Gasteiger partial charge is 0.338 e. The van der Waals surface area contributed by atoms with E-state index in [4.69, 9.17) is 4.74 Å². The Bertz CT molecular complexity index is 1180. The first-order valence-corrected chi connectivity index (χ1v) is 9.29. The number of nitrogens with zero attached hydrogens (tertiary/aromatic N) is 2. The van der Waals surface area contributed by atoms with Crippen molar-refractivity contribution in [2.24, 2.45) is 0 Å². The number of fused-ring (bicyclic) bond motifs is 1. The Morgan fingerprint density at radius 1 is 1.11 bits per heavy atom. The van der Waals surface area contributed by atoms with Gasteiger partial charge in [-0.05, 0) is 24.6 Å². The largest absolute Gasteiger partial charge is 0.456 e. The van der Waals surface area contributed by atoms with Gasteiger partial charge >= 0.3 is 5.97 Å². The van der Waals surface area contributed by atoms with Gasteiger partial charge in [0, 0.05) is 11.4 Å². The summed E-state index contributed by atoms with van der Waals surface area (Å²) in [5, 5.41) is 1.90. The number of esters is 1. The van der Waals surface area contributed by atoms with Crippen molar-refractivity contribution in [1.82, 2.24) is 9.38 Å². The highest BCUT2D eigenvalue weighted by atomic mass is 32.1. The lowest BCUT2D eigenvalue weighted by atomic mass is 10.1. The van der Waals surface area contributed by atoms with Crippen LogP contribution in [0.4, 0.5) is 0 Å². The molecule has 134 valence electrons. The Balaban J connectivity index is 1.59. The maximum atomic E-state index is 12.6. The third-order valence-electron chi connectivity index (χ3n) is 4.13. The second-order valence-electron chi connectivity index (χ2n) is 6.14. The Labute approximate surface area is 159 Å². The van der Waals surface area contributed by atoms with Gasteiger partial charge in [-0.25, -0.2) is 9.78 Å². The van der Waals surface area contributed by atoms with Crippen molar-refractivity contribution < 1.29 is 9.53 Å². The van der Waals surface area contributed by atoms with Crippen molar-refractivity contribution in [3.63, 3.8) is 0 Å². The second kappa shape index (κ2) is 7.17. The molecule has 0 spiro atoms. The Morgan fingerprint density at radius 2 is 1.93 bits per heavy atom. The number of aryl methyl sites for hydroxylation is 1. The molecule has 0 radical (unpaired) electrons. The van der Waals surface area contributed by atoms with Crippen LogP contribution >= 0.6 is 11.3 Å². The summed E-state index contributed by atoms with van der Waals surface area (Å²) in [6, 6.07) is 18.3. The lowest BCUT2D eigenvalue weighted by molar-refractivity contribution is 0.0467. The van der Waals surface area contributed by atoms with Crippen LogP contribution in [0.2, 0.25) is 0 Å². The molecule has 0 saturated carbocycles. The Morgan fingerprint density at radius 3 is 2.70 bits per heavy atom. The summed E-state index contributed by atoms with van der Waals surface area (Å²) >= 11 is 1.38. The summed E-state index contributed by atoms with van der Waals surface area (Å²) < 4.78 is 6.89. The molecule has 0 amide bonds. The second-order valence-corrected chi connectivity index (χ2v) is 6.97. The maximum absolute atomic E-state index is 12.6. The first-order valence-electron chi connectivity index (χ1n) is 8.41. The topological polar surface area (TPSA) is 60.7 Å². The Hall–Kier alpha value is -3.25. The molecule has 2 aromatic heterocycles. The van der Waals surface area contributed by atoms with Gasteiger partial charge in [0.1, 0.15) is 6.61 Å². The highest BCUT2D eigenvalue weighted by molar-refractivity contribution is 7.15. The molecule has 4 rings (SSSR count). The minimum absolute atomic E-state index is 0.0446. The molecule has 2 heterocycles. The number of benzene rings is 2. The molecule has 0 unspecified atom stereocenters. The van der Waals surface area contributed by atoms with Crippen LogP contribution in [0.1, 0.15) is 21.6 Å². The van der Waals surface area contributed by atoms with E-state index < -0.39 is 5.97 Å². The minimum atomic E-state index is -0.433. The zero-order valence-corrected chi connectivity index (χ0v) is 15.4. The van der Waals surface area contributed by atoms with Crippen molar-refractivity contribution in [2.75, 3.05) is 0 Å². The predicted octanol–water partition coefficient (Wildman–Crippen LogP) is 4.09. The number of carbonyl (C=O) groups excluding carboxylic acids is 1. The zero-order valence-electron chi connectivity index (χ0n) is 14.6. The molecule has 0 aliphatic rings. The number of hydrogen-bond donors (Lipinski definition) is 0. The van der Waals surface area contributed by atoms with Gasteiger partial charge < -0.3 is 4.74 Å². The Kier molecular flexibility index (Phi) is 4.56. The fraction of sp³-hybridized carbons (Fsp3) is 0.0952. The summed E-state index contributed by atoms with van der Waals surface area (Å²) in [5.41, 5.74) is 3.46. The fourth-order valence-electron chi connectivity index (χ4n) is 2.84. The molecule has 27 heavy (non-hydrogen) atoms. The predicted molar refractivity (Wildman–Crippen MR) is 105 cm³/mol.